The Kier molecular flexibility index (Phi) is 6.77. The Morgan fingerprint density at radius 3 is 2.58 bits per heavy atom. The molecule has 0 bridgehead atoms. The van der Waals surface area contributed by atoms with Gasteiger partial charge in [-0.25, -0.2) is 13.1 Å². The lowest BCUT2D eigenvalue weighted by atomic mass is 10.2. The topological polar surface area (TPSA) is 75.7 Å². The summed E-state index contributed by atoms with van der Waals surface area (Å²) in [6, 6.07) is 6.84. The SMILES string of the molecule is CCc1ccc(S(=O)(=O)NCCN(CC2CCCO2)C(C)=O)cc1. The van der Waals surface area contributed by atoms with Gasteiger partial charge in [-0.3, -0.25) is 4.79 Å². The van der Waals surface area contributed by atoms with Crippen molar-refractivity contribution >= 4 is 15.9 Å². The van der Waals surface area contributed by atoms with Crippen LogP contribution in [0, 0.1) is 0 Å². The first-order valence-corrected chi connectivity index (χ1v) is 9.86. The Balaban J connectivity index is 1.88. The van der Waals surface area contributed by atoms with Crippen molar-refractivity contribution in [2.24, 2.45) is 0 Å². The van der Waals surface area contributed by atoms with Gasteiger partial charge < -0.3 is 9.64 Å². The van der Waals surface area contributed by atoms with Gasteiger partial charge in [0.1, 0.15) is 0 Å². The van der Waals surface area contributed by atoms with Crippen molar-refractivity contribution in [2.45, 2.75) is 44.1 Å². The number of carbonyl (C=O) groups excluding carboxylic acids is 1. The third-order valence-corrected chi connectivity index (χ3v) is 5.69. The van der Waals surface area contributed by atoms with Gasteiger partial charge in [-0.15, -0.1) is 0 Å². The molecule has 2 rings (SSSR count). The van der Waals surface area contributed by atoms with Crippen LogP contribution in [0.4, 0.5) is 0 Å². The first-order chi connectivity index (χ1) is 11.4. The van der Waals surface area contributed by atoms with E-state index in [1.807, 2.05) is 19.1 Å². The molecular weight excluding hydrogens is 328 g/mol. The molecule has 1 N–H and O–H groups in total. The van der Waals surface area contributed by atoms with Crippen LogP contribution in [0.1, 0.15) is 32.3 Å². The van der Waals surface area contributed by atoms with Gasteiger partial charge in [0, 0.05) is 33.2 Å². The lowest BCUT2D eigenvalue weighted by molar-refractivity contribution is -0.130. The van der Waals surface area contributed by atoms with E-state index in [0.29, 0.717) is 13.1 Å². The largest absolute Gasteiger partial charge is 0.376 e. The number of rotatable bonds is 8. The van der Waals surface area contributed by atoms with Gasteiger partial charge in [0.15, 0.2) is 0 Å². The Labute approximate surface area is 144 Å². The summed E-state index contributed by atoms with van der Waals surface area (Å²) < 4.78 is 32.7. The van der Waals surface area contributed by atoms with Crippen molar-refractivity contribution in [1.29, 1.82) is 0 Å². The zero-order valence-corrected chi connectivity index (χ0v) is 15.1. The quantitative estimate of drug-likeness (QED) is 0.769. The minimum absolute atomic E-state index is 0.0621. The maximum Gasteiger partial charge on any atom is 0.240 e. The normalized spacial score (nSPS) is 17.8. The fraction of sp³-hybridized carbons (Fsp3) is 0.588. The van der Waals surface area contributed by atoms with Gasteiger partial charge in [-0.05, 0) is 37.0 Å². The van der Waals surface area contributed by atoms with Crippen LogP contribution in [0.15, 0.2) is 29.2 Å². The van der Waals surface area contributed by atoms with Crippen molar-refractivity contribution < 1.29 is 17.9 Å². The van der Waals surface area contributed by atoms with Crippen molar-refractivity contribution in [2.75, 3.05) is 26.2 Å². The van der Waals surface area contributed by atoms with E-state index in [4.69, 9.17) is 4.74 Å². The summed E-state index contributed by atoms with van der Waals surface area (Å²) in [5, 5.41) is 0. The molecule has 0 spiro atoms. The molecule has 0 radical (unpaired) electrons. The second-order valence-corrected chi connectivity index (χ2v) is 7.76. The van der Waals surface area contributed by atoms with Crippen molar-refractivity contribution in [3.63, 3.8) is 0 Å². The van der Waals surface area contributed by atoms with Gasteiger partial charge in [0.05, 0.1) is 11.0 Å². The maximum absolute atomic E-state index is 12.3. The van der Waals surface area contributed by atoms with Crippen LogP contribution < -0.4 is 4.72 Å². The van der Waals surface area contributed by atoms with E-state index in [9.17, 15) is 13.2 Å². The van der Waals surface area contributed by atoms with Gasteiger partial charge in [0.25, 0.3) is 0 Å². The highest BCUT2D eigenvalue weighted by Gasteiger charge is 2.21. The molecule has 1 fully saturated rings. The first-order valence-electron chi connectivity index (χ1n) is 8.38. The summed E-state index contributed by atoms with van der Waals surface area (Å²) in [6.45, 7) is 5.28. The maximum atomic E-state index is 12.3. The molecule has 1 heterocycles. The summed E-state index contributed by atoms with van der Waals surface area (Å²) in [6.07, 6.45) is 2.88. The molecule has 134 valence electrons. The number of amides is 1. The predicted molar refractivity (Wildman–Crippen MR) is 92.2 cm³/mol. The van der Waals surface area contributed by atoms with Gasteiger partial charge in [-0.2, -0.15) is 0 Å². The molecule has 1 unspecified atom stereocenters. The third kappa shape index (κ3) is 5.29. The van der Waals surface area contributed by atoms with Crippen LogP contribution in [-0.4, -0.2) is 51.6 Å². The average Bonchev–Trinajstić information content (AvgIpc) is 3.07. The Morgan fingerprint density at radius 2 is 2.04 bits per heavy atom. The van der Waals surface area contributed by atoms with Crippen LogP contribution in [-0.2, 0) is 26.0 Å². The molecule has 7 heteroatoms. The van der Waals surface area contributed by atoms with Gasteiger partial charge in [-0.1, -0.05) is 19.1 Å². The Bertz CT molecular complexity index is 637. The zero-order valence-electron chi connectivity index (χ0n) is 14.3. The third-order valence-electron chi connectivity index (χ3n) is 4.21. The number of benzene rings is 1. The number of carbonyl (C=O) groups is 1. The molecule has 0 aliphatic carbocycles. The van der Waals surface area contributed by atoms with E-state index in [0.717, 1.165) is 31.4 Å². The van der Waals surface area contributed by atoms with Crippen LogP contribution in [0.25, 0.3) is 0 Å². The molecule has 6 nitrogen and oxygen atoms in total. The molecule has 24 heavy (non-hydrogen) atoms. The smallest absolute Gasteiger partial charge is 0.240 e. The summed E-state index contributed by atoms with van der Waals surface area (Å²) >= 11 is 0. The Morgan fingerprint density at radius 1 is 1.33 bits per heavy atom. The number of hydrogen-bond donors (Lipinski definition) is 1. The number of hydrogen-bond acceptors (Lipinski definition) is 4. The van der Waals surface area contributed by atoms with Crippen molar-refractivity contribution in [3.8, 4) is 0 Å². The lowest BCUT2D eigenvalue weighted by Crippen LogP contribution is -2.41. The van der Waals surface area contributed by atoms with Crippen molar-refractivity contribution in [1.82, 2.24) is 9.62 Å². The van der Waals surface area contributed by atoms with Crippen LogP contribution in [0.5, 0.6) is 0 Å². The van der Waals surface area contributed by atoms with E-state index in [1.54, 1.807) is 17.0 Å². The molecule has 1 aromatic rings. The van der Waals surface area contributed by atoms with Crippen LogP contribution >= 0.6 is 0 Å². The summed E-state index contributed by atoms with van der Waals surface area (Å²) in [4.78, 5) is 13.6. The van der Waals surface area contributed by atoms with Crippen LogP contribution in [0.2, 0.25) is 0 Å². The van der Waals surface area contributed by atoms with E-state index >= 15 is 0 Å². The van der Waals surface area contributed by atoms with Crippen molar-refractivity contribution in [3.05, 3.63) is 29.8 Å². The number of nitrogens with zero attached hydrogens (tertiary/aromatic N) is 1. The fourth-order valence-corrected chi connectivity index (χ4v) is 3.74. The van der Waals surface area contributed by atoms with E-state index in [1.165, 1.54) is 6.92 Å². The highest BCUT2D eigenvalue weighted by Crippen LogP contribution is 2.14. The molecular formula is C17H26N2O4S. The molecule has 1 aliphatic rings. The molecule has 1 aromatic carbocycles. The second-order valence-electron chi connectivity index (χ2n) is 6.00. The molecule has 1 saturated heterocycles. The van der Waals surface area contributed by atoms with E-state index < -0.39 is 10.0 Å². The highest BCUT2D eigenvalue weighted by molar-refractivity contribution is 7.89. The lowest BCUT2D eigenvalue weighted by Gasteiger charge is -2.24. The minimum Gasteiger partial charge on any atom is -0.376 e. The summed E-state index contributed by atoms with van der Waals surface area (Å²) in [7, 11) is -3.55. The van der Waals surface area contributed by atoms with E-state index in [-0.39, 0.29) is 23.5 Å². The molecule has 1 aliphatic heterocycles. The number of sulfonamides is 1. The zero-order chi connectivity index (χ0) is 17.6. The molecule has 1 amide bonds. The number of ether oxygens (including phenoxy) is 1. The van der Waals surface area contributed by atoms with Gasteiger partial charge >= 0.3 is 0 Å². The van der Waals surface area contributed by atoms with E-state index in [2.05, 4.69) is 4.72 Å². The van der Waals surface area contributed by atoms with Gasteiger partial charge in [0.2, 0.25) is 15.9 Å². The predicted octanol–water partition coefficient (Wildman–Crippen LogP) is 1.55. The number of aryl methyl sites for hydroxylation is 1. The summed E-state index contributed by atoms with van der Waals surface area (Å²) in [5.74, 6) is -0.0722. The molecule has 0 aromatic heterocycles. The molecule has 1 atom stereocenters. The standard InChI is InChI=1S/C17H26N2O4S/c1-3-15-6-8-17(9-7-15)24(21,22)18-10-11-19(14(2)20)13-16-5-4-12-23-16/h6-9,16,18H,3-5,10-13H2,1-2H3. The number of nitrogens with one attached hydrogen (secondary N) is 1. The highest BCUT2D eigenvalue weighted by atomic mass is 32.2. The fourth-order valence-electron chi connectivity index (χ4n) is 2.71. The Hall–Kier alpha value is -1.44. The minimum atomic E-state index is -3.55. The first kappa shape index (κ1) is 18.9. The average molecular weight is 354 g/mol. The van der Waals surface area contributed by atoms with Crippen LogP contribution in [0.3, 0.4) is 0 Å². The molecule has 0 saturated carbocycles. The monoisotopic (exact) mass is 354 g/mol. The second kappa shape index (κ2) is 8.60. The summed E-state index contributed by atoms with van der Waals surface area (Å²) in [5.41, 5.74) is 1.09.